The van der Waals surface area contributed by atoms with Crippen molar-refractivity contribution in [1.82, 2.24) is 20.3 Å². The fraction of sp³-hybridized carbons (Fsp3) is 0.864. The van der Waals surface area contributed by atoms with E-state index in [1.165, 1.54) is 12.8 Å². The third-order valence-corrected chi connectivity index (χ3v) is 4.40. The lowest BCUT2D eigenvalue weighted by Crippen LogP contribution is -2.29. The number of aliphatic hydroxyl groups is 1. The first kappa shape index (κ1) is 30.4. The summed E-state index contributed by atoms with van der Waals surface area (Å²) in [6.07, 6.45) is 5.44. The van der Waals surface area contributed by atoms with Gasteiger partial charge in [-0.3, -0.25) is 9.48 Å². The highest BCUT2D eigenvalue weighted by atomic mass is 16.6. The van der Waals surface area contributed by atoms with E-state index in [9.17, 15) is 4.79 Å². The average Bonchev–Trinajstić information content (AvgIpc) is 3.30. The second-order valence-corrected chi connectivity index (χ2v) is 7.30. The van der Waals surface area contributed by atoms with Gasteiger partial charge in [0.25, 0.3) is 0 Å². The number of nitrogens with zero attached hydrogens (tertiary/aromatic N) is 3. The maximum Gasteiger partial charge on any atom is 0.245 e. The molecule has 0 saturated heterocycles. The minimum absolute atomic E-state index is 0.367. The number of hydrogen-bond donors (Lipinski definition) is 2. The number of ether oxygens (including phenoxy) is 6. The summed E-state index contributed by atoms with van der Waals surface area (Å²) in [4.78, 5) is 10.8. The number of carbonyl (C=O) groups is 1. The number of unbranched alkanes of at least 4 members (excludes halogenated alkanes) is 2. The molecule has 0 fully saturated rings. The molecule has 0 radical (unpaired) electrons. The molecule has 0 aromatic carbocycles. The second-order valence-electron chi connectivity index (χ2n) is 7.30. The van der Waals surface area contributed by atoms with Gasteiger partial charge in [-0.2, -0.15) is 0 Å². The highest BCUT2D eigenvalue weighted by Gasteiger charge is 2.01. The van der Waals surface area contributed by atoms with Crippen LogP contribution in [0.2, 0.25) is 0 Å². The van der Waals surface area contributed by atoms with Gasteiger partial charge >= 0.3 is 0 Å². The molecule has 0 aliphatic heterocycles. The smallest absolute Gasteiger partial charge is 0.245 e. The van der Waals surface area contributed by atoms with Crippen molar-refractivity contribution in [1.29, 1.82) is 0 Å². The Morgan fingerprint density at radius 3 is 1.91 bits per heavy atom. The first-order valence-corrected chi connectivity index (χ1v) is 12.0. The third-order valence-electron chi connectivity index (χ3n) is 4.40. The fourth-order valence-corrected chi connectivity index (χ4v) is 2.63. The molecule has 0 aliphatic carbocycles. The van der Waals surface area contributed by atoms with Crippen molar-refractivity contribution in [2.24, 2.45) is 0 Å². The molecule has 0 aliphatic rings. The van der Waals surface area contributed by atoms with Gasteiger partial charge in [0, 0.05) is 13.1 Å². The maximum atomic E-state index is 10.8. The molecule has 0 saturated carbocycles. The minimum Gasteiger partial charge on any atom is -0.387 e. The predicted octanol–water partition coefficient (Wildman–Crippen LogP) is 0.176. The summed E-state index contributed by atoms with van der Waals surface area (Å²) in [6, 6.07) is 0. The van der Waals surface area contributed by atoms with Gasteiger partial charge in [0.2, 0.25) is 5.91 Å². The van der Waals surface area contributed by atoms with Crippen LogP contribution in [-0.2, 0) is 46.4 Å². The zero-order chi connectivity index (χ0) is 24.5. The van der Waals surface area contributed by atoms with Crippen LogP contribution in [0.5, 0.6) is 0 Å². The number of nitrogens with one attached hydrogen (secondary N) is 1. The molecule has 0 atom stereocenters. The summed E-state index contributed by atoms with van der Waals surface area (Å²) in [5.74, 6) is -0.412. The van der Waals surface area contributed by atoms with Gasteiger partial charge in [0.1, 0.15) is 12.3 Å². The molecule has 34 heavy (non-hydrogen) atoms. The topological polar surface area (TPSA) is 135 Å². The molecule has 1 heterocycles. The van der Waals surface area contributed by atoms with Crippen LogP contribution in [0.15, 0.2) is 6.20 Å². The highest BCUT2D eigenvalue weighted by Crippen LogP contribution is 2.00. The van der Waals surface area contributed by atoms with E-state index in [0.29, 0.717) is 85.8 Å². The Kier molecular flexibility index (Phi) is 20.6. The molecular formula is C22H42N4O8. The maximum absolute atomic E-state index is 10.8. The van der Waals surface area contributed by atoms with Gasteiger partial charge in [-0.1, -0.05) is 25.0 Å². The Balaban J connectivity index is 1.73. The molecule has 1 aromatic heterocycles. The van der Waals surface area contributed by atoms with E-state index in [-0.39, 0.29) is 0 Å². The lowest BCUT2D eigenvalue weighted by atomic mass is 10.2. The molecule has 2 N–H and O–H groups in total. The lowest BCUT2D eigenvalue weighted by Gasteiger charge is -2.08. The van der Waals surface area contributed by atoms with Gasteiger partial charge in [-0.05, 0) is 6.42 Å². The quantitative estimate of drug-likeness (QED) is 0.183. The van der Waals surface area contributed by atoms with Crippen molar-refractivity contribution in [2.75, 3.05) is 85.8 Å². The molecule has 12 heteroatoms. The molecule has 1 amide bonds. The standard InChI is InChI=1S/C22H42N4O8/c1-2-3-4-6-26-18-21(24-25-26)20-34-17-16-33-15-14-32-13-12-31-11-10-30-9-8-29-7-5-23-22(28)19-27/h18,27H,2-17,19-20H2,1H3,(H,23,28). The van der Waals surface area contributed by atoms with Gasteiger partial charge in [0.05, 0.1) is 85.5 Å². The van der Waals surface area contributed by atoms with Crippen molar-refractivity contribution < 1.29 is 38.3 Å². The van der Waals surface area contributed by atoms with E-state index in [2.05, 4.69) is 22.6 Å². The zero-order valence-corrected chi connectivity index (χ0v) is 20.5. The summed E-state index contributed by atoms with van der Waals surface area (Å²) in [7, 11) is 0. The number of carbonyl (C=O) groups excluding carboxylic acids is 1. The fourth-order valence-electron chi connectivity index (χ4n) is 2.63. The van der Waals surface area contributed by atoms with Crippen LogP contribution in [0.25, 0.3) is 0 Å². The minimum atomic E-state index is -0.510. The van der Waals surface area contributed by atoms with Crippen molar-refractivity contribution in [3.05, 3.63) is 11.9 Å². The first-order valence-electron chi connectivity index (χ1n) is 12.0. The molecule has 1 rings (SSSR count). The number of amides is 1. The SMILES string of the molecule is CCCCCn1cc(COCCOCCOCCOCCOCCOCCNC(=O)CO)nn1. The van der Waals surface area contributed by atoms with Crippen molar-refractivity contribution >= 4 is 5.91 Å². The summed E-state index contributed by atoms with van der Waals surface area (Å²) >= 11 is 0. The molecule has 198 valence electrons. The molecule has 0 spiro atoms. The molecular weight excluding hydrogens is 448 g/mol. The van der Waals surface area contributed by atoms with Crippen LogP contribution < -0.4 is 5.32 Å². The summed E-state index contributed by atoms with van der Waals surface area (Å²) in [6.45, 7) is 8.59. The van der Waals surface area contributed by atoms with Crippen LogP contribution in [0.4, 0.5) is 0 Å². The monoisotopic (exact) mass is 490 g/mol. The third kappa shape index (κ3) is 18.7. The Morgan fingerprint density at radius 2 is 1.38 bits per heavy atom. The van der Waals surface area contributed by atoms with E-state index < -0.39 is 12.5 Å². The van der Waals surface area contributed by atoms with Crippen molar-refractivity contribution in [3.63, 3.8) is 0 Å². The molecule has 12 nitrogen and oxygen atoms in total. The van der Waals surface area contributed by atoms with Gasteiger partial charge in [0.15, 0.2) is 0 Å². The van der Waals surface area contributed by atoms with Crippen molar-refractivity contribution in [3.8, 4) is 0 Å². The molecule has 0 unspecified atom stereocenters. The number of rotatable bonds is 25. The van der Waals surface area contributed by atoms with Gasteiger partial charge < -0.3 is 38.8 Å². The van der Waals surface area contributed by atoms with E-state index in [4.69, 9.17) is 33.5 Å². The zero-order valence-electron chi connectivity index (χ0n) is 20.5. The van der Waals surface area contributed by atoms with E-state index >= 15 is 0 Å². The number of aryl methyl sites for hydroxylation is 1. The first-order chi connectivity index (χ1) is 16.8. The average molecular weight is 491 g/mol. The van der Waals surface area contributed by atoms with Crippen molar-refractivity contribution in [2.45, 2.75) is 39.3 Å². The number of aliphatic hydroxyl groups excluding tert-OH is 1. The lowest BCUT2D eigenvalue weighted by molar-refractivity contribution is -0.124. The van der Waals surface area contributed by atoms with Crippen LogP contribution in [0.3, 0.4) is 0 Å². The predicted molar refractivity (Wildman–Crippen MR) is 123 cm³/mol. The Bertz CT molecular complexity index is 591. The highest BCUT2D eigenvalue weighted by molar-refractivity contribution is 5.76. The largest absolute Gasteiger partial charge is 0.387 e. The van der Waals surface area contributed by atoms with Gasteiger partial charge in [-0.15, -0.1) is 5.10 Å². The normalized spacial score (nSPS) is 11.2. The van der Waals surface area contributed by atoms with E-state index in [0.717, 1.165) is 18.7 Å². The Hall–Kier alpha value is -1.67. The van der Waals surface area contributed by atoms with Crippen LogP contribution >= 0.6 is 0 Å². The summed E-state index contributed by atoms with van der Waals surface area (Å²) < 4.78 is 34.4. The number of hydrogen-bond acceptors (Lipinski definition) is 10. The Morgan fingerprint density at radius 1 is 0.853 bits per heavy atom. The van der Waals surface area contributed by atoms with Crippen LogP contribution in [-0.4, -0.2) is 112 Å². The summed E-state index contributed by atoms with van der Waals surface area (Å²) in [5, 5.41) is 19.2. The Labute approximate surface area is 202 Å². The van der Waals surface area contributed by atoms with Crippen LogP contribution in [0.1, 0.15) is 31.9 Å². The van der Waals surface area contributed by atoms with E-state index in [1.807, 2.05) is 10.9 Å². The van der Waals surface area contributed by atoms with Gasteiger partial charge in [-0.25, -0.2) is 0 Å². The summed E-state index contributed by atoms with van der Waals surface area (Å²) in [5.41, 5.74) is 0.833. The second kappa shape index (κ2) is 23.1. The number of aromatic nitrogens is 3. The van der Waals surface area contributed by atoms with Crippen LogP contribution in [0, 0.1) is 0 Å². The molecule has 1 aromatic rings. The van der Waals surface area contributed by atoms with E-state index in [1.54, 1.807) is 0 Å². The molecule has 0 bridgehead atoms.